The van der Waals surface area contributed by atoms with Gasteiger partial charge in [-0.3, -0.25) is 0 Å². The van der Waals surface area contributed by atoms with Crippen molar-refractivity contribution >= 4 is 0 Å². The fourth-order valence-electron chi connectivity index (χ4n) is 1.05. The molecular formula is C6H13NO2. The molecule has 1 aliphatic heterocycles. The molecule has 2 atom stereocenters. The van der Waals surface area contributed by atoms with Crippen LogP contribution in [-0.2, 0) is 4.74 Å². The summed E-state index contributed by atoms with van der Waals surface area (Å²) in [7, 11) is 0. The van der Waals surface area contributed by atoms with Crippen molar-refractivity contribution < 1.29 is 9.84 Å². The lowest BCUT2D eigenvalue weighted by Gasteiger charge is -2.12. The largest absolute Gasteiger partial charge is 0.391 e. The van der Waals surface area contributed by atoms with Crippen molar-refractivity contribution in [2.45, 2.75) is 12.5 Å². The highest BCUT2D eigenvalue weighted by Gasteiger charge is 2.22. The topological polar surface area (TPSA) is 55.5 Å². The van der Waals surface area contributed by atoms with E-state index in [1.165, 1.54) is 0 Å². The SMILES string of the molecule is NC[C@H](O)C1CCOC1. The Morgan fingerprint density at radius 2 is 2.56 bits per heavy atom. The Bertz CT molecular complexity index is 81.1. The molecule has 0 aromatic rings. The maximum Gasteiger partial charge on any atom is 0.0713 e. The van der Waals surface area contributed by atoms with Crippen LogP contribution < -0.4 is 5.73 Å². The summed E-state index contributed by atoms with van der Waals surface area (Å²) in [5.41, 5.74) is 5.25. The van der Waals surface area contributed by atoms with E-state index in [2.05, 4.69) is 0 Å². The van der Waals surface area contributed by atoms with Crippen molar-refractivity contribution in [2.75, 3.05) is 19.8 Å². The summed E-state index contributed by atoms with van der Waals surface area (Å²) in [4.78, 5) is 0. The molecule has 0 radical (unpaired) electrons. The van der Waals surface area contributed by atoms with Crippen LogP contribution in [-0.4, -0.2) is 31.0 Å². The van der Waals surface area contributed by atoms with Crippen LogP contribution in [0.3, 0.4) is 0 Å². The lowest BCUT2D eigenvalue weighted by molar-refractivity contribution is 0.0978. The first kappa shape index (κ1) is 6.99. The van der Waals surface area contributed by atoms with Gasteiger partial charge in [-0.1, -0.05) is 0 Å². The van der Waals surface area contributed by atoms with Gasteiger partial charge in [0.15, 0.2) is 0 Å². The molecule has 3 heteroatoms. The highest BCUT2D eigenvalue weighted by Crippen LogP contribution is 2.15. The van der Waals surface area contributed by atoms with E-state index >= 15 is 0 Å². The minimum Gasteiger partial charge on any atom is -0.391 e. The Morgan fingerprint density at radius 1 is 1.78 bits per heavy atom. The van der Waals surface area contributed by atoms with E-state index in [1.807, 2.05) is 0 Å². The number of hydrogen-bond donors (Lipinski definition) is 2. The smallest absolute Gasteiger partial charge is 0.0713 e. The van der Waals surface area contributed by atoms with Crippen LogP contribution in [0.2, 0.25) is 0 Å². The molecule has 0 bridgehead atoms. The summed E-state index contributed by atoms with van der Waals surface area (Å²) in [5.74, 6) is 0.287. The standard InChI is InChI=1S/C6H13NO2/c7-3-6(8)5-1-2-9-4-5/h5-6,8H,1-4,7H2/t5?,6-/m0/s1. The summed E-state index contributed by atoms with van der Waals surface area (Å²) in [6.45, 7) is 1.81. The normalized spacial score (nSPS) is 30.7. The first-order valence-corrected chi connectivity index (χ1v) is 3.30. The molecule has 0 saturated carbocycles. The van der Waals surface area contributed by atoms with Gasteiger partial charge in [0, 0.05) is 19.1 Å². The number of nitrogens with two attached hydrogens (primary N) is 1. The van der Waals surface area contributed by atoms with Crippen molar-refractivity contribution in [1.29, 1.82) is 0 Å². The minimum absolute atomic E-state index is 0.287. The quantitative estimate of drug-likeness (QED) is 0.523. The molecule has 9 heavy (non-hydrogen) atoms. The molecule has 1 rings (SSSR count). The number of aliphatic hydroxyl groups is 1. The van der Waals surface area contributed by atoms with Crippen molar-refractivity contribution in [3.8, 4) is 0 Å². The maximum atomic E-state index is 9.15. The van der Waals surface area contributed by atoms with Gasteiger partial charge < -0.3 is 15.6 Å². The van der Waals surface area contributed by atoms with Gasteiger partial charge in [0.05, 0.1) is 12.7 Å². The lowest BCUT2D eigenvalue weighted by Crippen LogP contribution is -2.28. The molecule has 1 heterocycles. The fraction of sp³-hybridized carbons (Fsp3) is 1.00. The van der Waals surface area contributed by atoms with E-state index in [1.54, 1.807) is 0 Å². The summed E-state index contributed by atoms with van der Waals surface area (Å²) < 4.78 is 5.06. The summed E-state index contributed by atoms with van der Waals surface area (Å²) in [6.07, 6.45) is 0.603. The molecule has 0 aromatic heterocycles. The second kappa shape index (κ2) is 3.15. The van der Waals surface area contributed by atoms with Gasteiger partial charge in [0.2, 0.25) is 0 Å². The number of hydrogen-bond acceptors (Lipinski definition) is 3. The second-order valence-electron chi connectivity index (χ2n) is 2.43. The lowest BCUT2D eigenvalue weighted by atomic mass is 10.0. The molecule has 54 valence electrons. The van der Waals surface area contributed by atoms with Gasteiger partial charge >= 0.3 is 0 Å². The zero-order valence-electron chi connectivity index (χ0n) is 5.42. The van der Waals surface area contributed by atoms with Crippen molar-refractivity contribution in [2.24, 2.45) is 11.7 Å². The Labute approximate surface area is 54.8 Å². The molecule has 0 amide bonds. The van der Waals surface area contributed by atoms with Crippen LogP contribution in [0.25, 0.3) is 0 Å². The van der Waals surface area contributed by atoms with Gasteiger partial charge in [-0.15, -0.1) is 0 Å². The van der Waals surface area contributed by atoms with Gasteiger partial charge in [0.25, 0.3) is 0 Å². The van der Waals surface area contributed by atoms with Crippen molar-refractivity contribution in [1.82, 2.24) is 0 Å². The summed E-state index contributed by atoms with van der Waals surface area (Å²) in [5, 5.41) is 9.15. The second-order valence-corrected chi connectivity index (χ2v) is 2.43. The fourth-order valence-corrected chi connectivity index (χ4v) is 1.05. The zero-order chi connectivity index (χ0) is 6.69. The average Bonchev–Trinajstić information content (AvgIpc) is 2.37. The monoisotopic (exact) mass is 131 g/mol. The maximum absolute atomic E-state index is 9.15. The molecule has 0 aromatic carbocycles. The molecule has 3 N–H and O–H groups in total. The van der Waals surface area contributed by atoms with Crippen molar-refractivity contribution in [3.63, 3.8) is 0 Å². The first-order valence-electron chi connectivity index (χ1n) is 3.30. The van der Waals surface area contributed by atoms with E-state index in [9.17, 15) is 0 Å². The van der Waals surface area contributed by atoms with Crippen LogP contribution in [0, 0.1) is 5.92 Å². The van der Waals surface area contributed by atoms with Crippen LogP contribution >= 0.6 is 0 Å². The predicted octanol–water partition coefficient (Wildman–Crippen LogP) is -0.658. The van der Waals surface area contributed by atoms with Gasteiger partial charge in [-0.05, 0) is 6.42 Å². The molecule has 3 nitrogen and oxygen atoms in total. The third kappa shape index (κ3) is 1.64. The molecule has 0 aliphatic carbocycles. The van der Waals surface area contributed by atoms with E-state index in [-0.39, 0.29) is 12.0 Å². The zero-order valence-corrected chi connectivity index (χ0v) is 5.42. The van der Waals surface area contributed by atoms with E-state index in [4.69, 9.17) is 15.6 Å². The molecule has 1 fully saturated rings. The van der Waals surface area contributed by atoms with E-state index in [0.29, 0.717) is 13.2 Å². The van der Waals surface area contributed by atoms with Gasteiger partial charge in [0.1, 0.15) is 0 Å². The Balaban J connectivity index is 2.24. The Hall–Kier alpha value is -0.120. The highest BCUT2D eigenvalue weighted by molar-refractivity contribution is 4.72. The number of ether oxygens (including phenoxy) is 1. The first-order chi connectivity index (χ1) is 4.34. The van der Waals surface area contributed by atoms with Gasteiger partial charge in [-0.2, -0.15) is 0 Å². The van der Waals surface area contributed by atoms with Crippen LogP contribution in [0.5, 0.6) is 0 Å². The number of aliphatic hydroxyl groups excluding tert-OH is 1. The third-order valence-corrected chi connectivity index (χ3v) is 1.75. The van der Waals surface area contributed by atoms with E-state index < -0.39 is 0 Å². The summed E-state index contributed by atoms with van der Waals surface area (Å²) in [6, 6.07) is 0. The molecular weight excluding hydrogens is 118 g/mol. The van der Waals surface area contributed by atoms with E-state index in [0.717, 1.165) is 13.0 Å². The van der Waals surface area contributed by atoms with Crippen LogP contribution in [0.1, 0.15) is 6.42 Å². The van der Waals surface area contributed by atoms with Crippen molar-refractivity contribution in [3.05, 3.63) is 0 Å². The number of rotatable bonds is 2. The Kier molecular flexibility index (Phi) is 2.45. The molecule has 1 unspecified atom stereocenters. The average molecular weight is 131 g/mol. The van der Waals surface area contributed by atoms with Crippen LogP contribution in [0.4, 0.5) is 0 Å². The molecule has 1 saturated heterocycles. The minimum atomic E-state index is -0.354. The molecule has 0 spiro atoms. The molecule has 1 aliphatic rings. The van der Waals surface area contributed by atoms with Gasteiger partial charge in [-0.25, -0.2) is 0 Å². The van der Waals surface area contributed by atoms with Crippen LogP contribution in [0.15, 0.2) is 0 Å². The summed E-state index contributed by atoms with van der Waals surface area (Å²) >= 11 is 0. The Morgan fingerprint density at radius 3 is 3.00 bits per heavy atom. The third-order valence-electron chi connectivity index (χ3n) is 1.75. The highest BCUT2D eigenvalue weighted by atomic mass is 16.5. The predicted molar refractivity (Wildman–Crippen MR) is 34.0 cm³/mol.